The van der Waals surface area contributed by atoms with Crippen LogP contribution in [-0.2, 0) is 12.0 Å². The van der Waals surface area contributed by atoms with Gasteiger partial charge in [0.2, 0.25) is 5.78 Å². The molecule has 0 saturated carbocycles. The van der Waals surface area contributed by atoms with Gasteiger partial charge in [0.15, 0.2) is 5.82 Å². The largest absolute Gasteiger partial charge is 0.340 e. The molecule has 5 nitrogen and oxygen atoms in total. The molecule has 1 aromatic heterocycles. The SMILES string of the molecule is Cc1cnc(C(=O)Cc2ccc(C(C)(C)N3CCN(C)CC3)cc2C2=CCC(C)(C)CC2)[nH]1. The topological polar surface area (TPSA) is 52.2 Å². The number of H-pyrrole nitrogens is 1. The minimum atomic E-state index is -0.0504. The van der Waals surface area contributed by atoms with Gasteiger partial charge in [0.05, 0.1) is 0 Å². The minimum absolute atomic E-state index is 0.0483. The summed E-state index contributed by atoms with van der Waals surface area (Å²) in [4.78, 5) is 25.4. The molecule has 2 aromatic rings. The van der Waals surface area contributed by atoms with Crippen molar-refractivity contribution in [3.63, 3.8) is 0 Å². The van der Waals surface area contributed by atoms with Gasteiger partial charge >= 0.3 is 0 Å². The molecule has 0 spiro atoms. The standard InChI is InChI=1S/C28H40N4O/c1-20-19-29-26(30-20)25(33)17-22-7-8-23(28(4,5)32-15-13-31(6)14-16-32)18-24(22)21-9-11-27(2,3)12-10-21/h7-9,18-19H,10-17H2,1-6H3,(H,29,30). The number of aryl methyl sites for hydroxylation is 1. The molecule has 4 rings (SSSR count). The molecule has 1 aromatic carbocycles. The van der Waals surface area contributed by atoms with Crippen molar-refractivity contribution >= 4 is 11.4 Å². The maximum Gasteiger partial charge on any atom is 0.202 e. The van der Waals surface area contributed by atoms with E-state index in [9.17, 15) is 4.79 Å². The van der Waals surface area contributed by atoms with E-state index in [0.717, 1.165) is 50.3 Å². The Hall–Kier alpha value is -2.24. The minimum Gasteiger partial charge on any atom is -0.340 e. The monoisotopic (exact) mass is 448 g/mol. The fourth-order valence-electron chi connectivity index (χ4n) is 5.09. The lowest BCUT2D eigenvalue weighted by Crippen LogP contribution is -2.52. The smallest absolute Gasteiger partial charge is 0.202 e. The number of allylic oxidation sites excluding steroid dienone is 2. The van der Waals surface area contributed by atoms with E-state index in [2.05, 4.69) is 78.8 Å². The lowest BCUT2D eigenvalue weighted by Gasteiger charge is -2.44. The number of nitrogens with zero attached hydrogens (tertiary/aromatic N) is 3. The number of piperazine rings is 1. The van der Waals surface area contributed by atoms with E-state index in [4.69, 9.17) is 0 Å². The number of rotatable bonds is 6. The van der Waals surface area contributed by atoms with Crippen LogP contribution in [0.1, 0.15) is 80.0 Å². The molecule has 0 bridgehead atoms. The number of carbonyl (C=O) groups excluding carboxylic acids is 1. The summed E-state index contributed by atoms with van der Waals surface area (Å²) in [5, 5.41) is 0. The Labute approximate surface area is 199 Å². The zero-order valence-electron chi connectivity index (χ0n) is 21.3. The Bertz CT molecular complexity index is 1040. The molecule has 2 heterocycles. The fourth-order valence-corrected chi connectivity index (χ4v) is 5.09. The van der Waals surface area contributed by atoms with Crippen molar-refractivity contribution in [2.45, 2.75) is 65.8 Å². The van der Waals surface area contributed by atoms with Gasteiger partial charge in [0.25, 0.3) is 0 Å². The predicted molar refractivity (Wildman–Crippen MR) is 136 cm³/mol. The summed E-state index contributed by atoms with van der Waals surface area (Å²) in [7, 11) is 2.20. The molecular formula is C28H40N4O. The Kier molecular flexibility index (Phi) is 6.66. The molecule has 0 amide bonds. The number of likely N-dealkylation sites (N-methyl/N-ethyl adjacent to an activating group) is 1. The van der Waals surface area contributed by atoms with E-state index < -0.39 is 0 Å². The zero-order chi connectivity index (χ0) is 23.8. The summed E-state index contributed by atoms with van der Waals surface area (Å²) in [6.45, 7) is 15.7. The number of nitrogens with one attached hydrogen (secondary N) is 1. The van der Waals surface area contributed by atoms with Gasteiger partial charge in [-0.15, -0.1) is 0 Å². The molecule has 178 valence electrons. The van der Waals surface area contributed by atoms with Crippen LogP contribution in [0.15, 0.2) is 30.5 Å². The summed E-state index contributed by atoms with van der Waals surface area (Å²) in [6, 6.07) is 6.81. The number of aromatic amines is 1. The Balaban J connectivity index is 1.68. The molecule has 0 atom stereocenters. The molecule has 0 radical (unpaired) electrons. The highest BCUT2D eigenvalue weighted by atomic mass is 16.1. The molecule has 33 heavy (non-hydrogen) atoms. The van der Waals surface area contributed by atoms with Crippen LogP contribution >= 0.6 is 0 Å². The second-order valence-electron chi connectivity index (χ2n) is 11.3. The van der Waals surface area contributed by atoms with Crippen molar-refractivity contribution < 1.29 is 4.79 Å². The summed E-state index contributed by atoms with van der Waals surface area (Å²) < 4.78 is 0. The van der Waals surface area contributed by atoms with E-state index in [-0.39, 0.29) is 11.3 Å². The third-order valence-electron chi connectivity index (χ3n) is 7.75. The van der Waals surface area contributed by atoms with Crippen molar-refractivity contribution in [3.8, 4) is 0 Å². The molecule has 5 heteroatoms. The van der Waals surface area contributed by atoms with Crippen molar-refractivity contribution in [2.24, 2.45) is 5.41 Å². The quantitative estimate of drug-likeness (QED) is 0.616. The van der Waals surface area contributed by atoms with Crippen molar-refractivity contribution in [2.75, 3.05) is 33.2 Å². The average Bonchev–Trinajstić information content (AvgIpc) is 3.21. The van der Waals surface area contributed by atoms with Gasteiger partial charge in [0.1, 0.15) is 0 Å². The number of imidazole rings is 1. The van der Waals surface area contributed by atoms with Gasteiger partial charge in [-0.1, -0.05) is 32.1 Å². The van der Waals surface area contributed by atoms with Crippen LogP contribution in [0.2, 0.25) is 0 Å². The van der Waals surface area contributed by atoms with Gasteiger partial charge in [-0.2, -0.15) is 0 Å². The number of benzene rings is 1. The van der Waals surface area contributed by atoms with Crippen molar-refractivity contribution in [1.29, 1.82) is 0 Å². The number of ketones is 1. The number of hydrogen-bond acceptors (Lipinski definition) is 4. The molecule has 1 aliphatic heterocycles. The number of hydrogen-bond donors (Lipinski definition) is 1. The lowest BCUT2D eigenvalue weighted by atomic mass is 9.75. The summed E-state index contributed by atoms with van der Waals surface area (Å²) in [5.41, 5.74) is 6.30. The van der Waals surface area contributed by atoms with E-state index >= 15 is 0 Å². The summed E-state index contributed by atoms with van der Waals surface area (Å²) in [5.74, 6) is 0.506. The van der Waals surface area contributed by atoms with Gasteiger partial charge in [-0.05, 0) is 80.8 Å². The third-order valence-corrected chi connectivity index (χ3v) is 7.75. The highest BCUT2D eigenvalue weighted by Gasteiger charge is 2.32. The third kappa shape index (κ3) is 5.30. The first-order valence-electron chi connectivity index (χ1n) is 12.4. The van der Waals surface area contributed by atoms with Crippen LogP contribution in [0, 0.1) is 12.3 Å². The van der Waals surface area contributed by atoms with Crippen LogP contribution in [-0.4, -0.2) is 58.8 Å². The maximum absolute atomic E-state index is 13.0. The summed E-state index contributed by atoms with van der Waals surface area (Å²) in [6.07, 6.45) is 7.83. The van der Waals surface area contributed by atoms with Crippen molar-refractivity contribution in [3.05, 3.63) is 58.7 Å². The molecule has 1 N–H and O–H groups in total. The number of carbonyl (C=O) groups is 1. The van der Waals surface area contributed by atoms with E-state index in [1.807, 2.05) is 6.92 Å². The summed E-state index contributed by atoms with van der Waals surface area (Å²) >= 11 is 0. The van der Waals surface area contributed by atoms with Crippen LogP contribution in [0.4, 0.5) is 0 Å². The molecular weight excluding hydrogens is 408 g/mol. The predicted octanol–water partition coefficient (Wildman–Crippen LogP) is 5.22. The van der Waals surface area contributed by atoms with E-state index in [0.29, 0.717) is 17.7 Å². The maximum atomic E-state index is 13.0. The van der Waals surface area contributed by atoms with E-state index in [1.54, 1.807) is 6.20 Å². The first kappa shape index (κ1) is 23.9. The van der Waals surface area contributed by atoms with Crippen LogP contribution < -0.4 is 0 Å². The fraction of sp³-hybridized carbons (Fsp3) is 0.571. The lowest BCUT2D eigenvalue weighted by molar-refractivity contribution is 0.0606. The average molecular weight is 449 g/mol. The number of aromatic nitrogens is 2. The Morgan fingerprint density at radius 1 is 1.18 bits per heavy atom. The Morgan fingerprint density at radius 3 is 2.52 bits per heavy atom. The molecule has 2 aliphatic rings. The molecule has 1 fully saturated rings. The van der Waals surface area contributed by atoms with Crippen LogP contribution in [0.25, 0.3) is 5.57 Å². The number of Topliss-reactive ketones (excluding diaryl/α,β-unsaturated/α-hetero) is 1. The molecule has 1 saturated heterocycles. The van der Waals surface area contributed by atoms with Gasteiger partial charge in [0, 0.05) is 50.0 Å². The van der Waals surface area contributed by atoms with E-state index in [1.165, 1.54) is 23.1 Å². The first-order valence-corrected chi connectivity index (χ1v) is 12.4. The van der Waals surface area contributed by atoms with Crippen LogP contribution in [0.3, 0.4) is 0 Å². The first-order chi connectivity index (χ1) is 15.5. The normalized spacial score (nSPS) is 20.0. The van der Waals surface area contributed by atoms with Gasteiger partial charge in [-0.25, -0.2) is 4.98 Å². The van der Waals surface area contributed by atoms with Gasteiger partial charge in [-0.3, -0.25) is 9.69 Å². The highest BCUT2D eigenvalue weighted by Crippen LogP contribution is 2.40. The van der Waals surface area contributed by atoms with Gasteiger partial charge < -0.3 is 9.88 Å². The second kappa shape index (κ2) is 9.19. The molecule has 0 unspecified atom stereocenters. The molecule has 1 aliphatic carbocycles. The second-order valence-corrected chi connectivity index (χ2v) is 11.3. The highest BCUT2D eigenvalue weighted by molar-refractivity contribution is 5.95. The van der Waals surface area contributed by atoms with Crippen molar-refractivity contribution in [1.82, 2.24) is 19.8 Å². The van der Waals surface area contributed by atoms with Crippen LogP contribution in [0.5, 0.6) is 0 Å². The zero-order valence-corrected chi connectivity index (χ0v) is 21.3. The Morgan fingerprint density at radius 2 is 1.91 bits per heavy atom.